The fraction of sp³-hybridized carbons (Fsp3) is 0. The average molecular weight is 874 g/mol. The molecule has 0 amide bonds. The Morgan fingerprint density at radius 3 is 1.51 bits per heavy atom. The van der Waals surface area contributed by atoms with Gasteiger partial charge < -0.3 is 8.98 Å². The SMILES string of the molecule is c1ccc([Si](c2ccccc2)(c2ccccc2)c2ccc(-c3nc(-c4ccc(-n5c6ccccc6c6ccccc65)c5ccccc45)nc(-c4cccc5oc6cnccc6c45)n3)cc2)cc1. The molecule has 4 heterocycles. The molecule has 67 heavy (non-hydrogen) atoms. The third-order valence-corrected chi connectivity index (χ3v) is 18.1. The lowest BCUT2D eigenvalue weighted by Gasteiger charge is -2.34. The van der Waals surface area contributed by atoms with Crippen LogP contribution in [0.5, 0.6) is 0 Å². The molecule has 0 fully saturated rings. The standard InChI is InChI=1S/C60H39N5OSi/c1-4-17-41(18-5-1)67(42-19-6-2-7-20-42,43-21-8-3-9-22-43)44-33-31-40(32-34-44)58-62-59(64-60(63-58)51-27-16-30-55-57(51)50-37-38-61-39-56(50)66-55)49-35-36-54(46-24-11-10-23-45(46)49)65-52-28-14-12-25-47(52)48-26-13-15-29-53(48)65/h1-39H. The number of rotatable bonds is 8. The van der Waals surface area contributed by atoms with Crippen LogP contribution >= 0.6 is 0 Å². The monoisotopic (exact) mass is 873 g/mol. The summed E-state index contributed by atoms with van der Waals surface area (Å²) in [6.45, 7) is 0. The van der Waals surface area contributed by atoms with Crippen molar-refractivity contribution in [3.05, 3.63) is 237 Å². The Morgan fingerprint density at radius 2 is 0.881 bits per heavy atom. The molecular weight excluding hydrogens is 835 g/mol. The highest BCUT2D eigenvalue weighted by Gasteiger charge is 2.41. The van der Waals surface area contributed by atoms with Gasteiger partial charge in [0.2, 0.25) is 0 Å². The lowest BCUT2D eigenvalue weighted by atomic mass is 10.0. The van der Waals surface area contributed by atoms with E-state index in [1.807, 2.05) is 18.2 Å². The van der Waals surface area contributed by atoms with E-state index < -0.39 is 8.07 Å². The highest BCUT2D eigenvalue weighted by Crippen LogP contribution is 2.39. The van der Waals surface area contributed by atoms with E-state index in [0.29, 0.717) is 23.1 Å². The van der Waals surface area contributed by atoms with Crippen molar-refractivity contribution in [2.24, 2.45) is 0 Å². The minimum Gasteiger partial charge on any atom is -0.454 e. The van der Waals surface area contributed by atoms with Crippen molar-refractivity contribution in [3.63, 3.8) is 0 Å². The zero-order valence-electron chi connectivity index (χ0n) is 36.2. The molecule has 0 radical (unpaired) electrons. The van der Waals surface area contributed by atoms with Gasteiger partial charge in [0.15, 0.2) is 31.1 Å². The Bertz CT molecular complexity index is 3830. The molecule has 6 nitrogen and oxygen atoms in total. The largest absolute Gasteiger partial charge is 0.454 e. The summed E-state index contributed by atoms with van der Waals surface area (Å²) in [4.78, 5) is 20.5. The number of benzene rings is 9. The Labute approximate surface area is 387 Å². The smallest absolute Gasteiger partial charge is 0.179 e. The van der Waals surface area contributed by atoms with Crippen molar-refractivity contribution in [1.29, 1.82) is 0 Å². The molecule has 0 N–H and O–H groups in total. The highest BCUT2D eigenvalue weighted by molar-refractivity contribution is 7.19. The maximum atomic E-state index is 6.33. The number of furan rings is 1. The first kappa shape index (κ1) is 38.7. The molecule has 0 aliphatic carbocycles. The average Bonchev–Trinajstić information content (AvgIpc) is 3.96. The van der Waals surface area contributed by atoms with Gasteiger partial charge in [0.05, 0.1) is 22.9 Å². The number of nitrogens with zero attached hydrogens (tertiary/aromatic N) is 5. The van der Waals surface area contributed by atoms with E-state index in [2.05, 4.69) is 216 Å². The summed E-state index contributed by atoms with van der Waals surface area (Å²) in [6, 6.07) is 80.3. The molecular formula is C60H39N5OSi. The first-order valence-corrected chi connectivity index (χ1v) is 24.5. The second-order valence-corrected chi connectivity index (χ2v) is 20.7. The number of para-hydroxylation sites is 2. The van der Waals surface area contributed by atoms with Gasteiger partial charge in [-0.3, -0.25) is 4.98 Å². The van der Waals surface area contributed by atoms with Gasteiger partial charge in [-0.05, 0) is 62.5 Å². The first-order valence-electron chi connectivity index (χ1n) is 22.5. The predicted octanol–water partition coefficient (Wildman–Crippen LogP) is 11.8. The Kier molecular flexibility index (Phi) is 9.08. The van der Waals surface area contributed by atoms with Crippen LogP contribution in [0.1, 0.15) is 0 Å². The summed E-state index contributed by atoms with van der Waals surface area (Å²) in [5.74, 6) is 1.73. The molecule has 0 saturated carbocycles. The van der Waals surface area contributed by atoms with Crippen LogP contribution in [-0.2, 0) is 0 Å². The second kappa shape index (κ2) is 15.7. The summed E-state index contributed by atoms with van der Waals surface area (Å²) in [6.07, 6.45) is 3.56. The van der Waals surface area contributed by atoms with Crippen LogP contribution in [0.15, 0.2) is 241 Å². The molecule has 0 spiro atoms. The molecule has 0 saturated heterocycles. The molecule has 9 aromatic carbocycles. The number of aromatic nitrogens is 5. The zero-order valence-corrected chi connectivity index (χ0v) is 37.2. The lowest BCUT2D eigenvalue weighted by Crippen LogP contribution is -2.74. The highest BCUT2D eigenvalue weighted by atomic mass is 28.3. The second-order valence-electron chi connectivity index (χ2n) is 16.9. The van der Waals surface area contributed by atoms with E-state index in [-0.39, 0.29) is 0 Å². The normalized spacial score (nSPS) is 11.9. The van der Waals surface area contributed by atoms with Gasteiger partial charge in [-0.1, -0.05) is 188 Å². The van der Waals surface area contributed by atoms with Crippen molar-refractivity contribution in [1.82, 2.24) is 24.5 Å². The van der Waals surface area contributed by atoms with E-state index in [1.165, 1.54) is 31.5 Å². The third-order valence-electron chi connectivity index (χ3n) is 13.3. The van der Waals surface area contributed by atoms with E-state index in [0.717, 1.165) is 60.5 Å². The Hall–Kier alpha value is -8.78. The van der Waals surface area contributed by atoms with Crippen molar-refractivity contribution in [2.75, 3.05) is 0 Å². The van der Waals surface area contributed by atoms with Crippen LogP contribution in [0, 0.1) is 0 Å². The summed E-state index contributed by atoms with van der Waals surface area (Å²) in [5, 5.41) is 11.7. The molecule has 314 valence electrons. The third kappa shape index (κ3) is 6.16. The molecule has 0 atom stereocenters. The number of hydrogen-bond donors (Lipinski definition) is 0. The van der Waals surface area contributed by atoms with Crippen molar-refractivity contribution in [3.8, 4) is 39.9 Å². The van der Waals surface area contributed by atoms with Crippen molar-refractivity contribution < 1.29 is 4.42 Å². The van der Waals surface area contributed by atoms with E-state index in [1.54, 1.807) is 12.4 Å². The maximum Gasteiger partial charge on any atom is 0.179 e. The quantitative estimate of drug-likeness (QED) is 0.112. The molecule has 4 aromatic heterocycles. The summed E-state index contributed by atoms with van der Waals surface area (Å²) < 4.78 is 8.71. The lowest BCUT2D eigenvalue weighted by molar-refractivity contribution is 0.667. The van der Waals surface area contributed by atoms with Gasteiger partial charge in [0.1, 0.15) is 5.58 Å². The Morgan fingerprint density at radius 1 is 0.358 bits per heavy atom. The fourth-order valence-corrected chi connectivity index (χ4v) is 15.1. The van der Waals surface area contributed by atoms with Crippen LogP contribution in [0.25, 0.3) is 94.4 Å². The Balaban J connectivity index is 1.03. The number of fused-ring (bicyclic) bond motifs is 7. The number of hydrogen-bond acceptors (Lipinski definition) is 5. The van der Waals surface area contributed by atoms with Gasteiger partial charge in [-0.15, -0.1) is 0 Å². The molecule has 0 unspecified atom stereocenters. The van der Waals surface area contributed by atoms with E-state index >= 15 is 0 Å². The summed E-state index contributed by atoms with van der Waals surface area (Å²) >= 11 is 0. The van der Waals surface area contributed by atoms with Gasteiger partial charge >= 0.3 is 0 Å². The minimum absolute atomic E-state index is 0.561. The van der Waals surface area contributed by atoms with Crippen molar-refractivity contribution >= 4 is 83.3 Å². The molecule has 7 heteroatoms. The maximum absolute atomic E-state index is 6.33. The molecule has 13 rings (SSSR count). The first-order chi connectivity index (χ1) is 33.2. The van der Waals surface area contributed by atoms with Crippen LogP contribution in [0.4, 0.5) is 0 Å². The van der Waals surface area contributed by atoms with Crippen LogP contribution in [0.2, 0.25) is 0 Å². The van der Waals surface area contributed by atoms with Gasteiger partial charge in [-0.25, -0.2) is 15.0 Å². The van der Waals surface area contributed by atoms with Crippen molar-refractivity contribution in [2.45, 2.75) is 0 Å². The number of pyridine rings is 1. The molecule has 0 bridgehead atoms. The van der Waals surface area contributed by atoms with Crippen LogP contribution in [-0.4, -0.2) is 32.6 Å². The summed E-state index contributed by atoms with van der Waals surface area (Å²) in [7, 11) is -2.76. The predicted molar refractivity (Wildman–Crippen MR) is 277 cm³/mol. The zero-order chi connectivity index (χ0) is 44.3. The molecule has 0 aliphatic heterocycles. The summed E-state index contributed by atoms with van der Waals surface area (Å²) in [5.41, 5.74) is 7.53. The topological polar surface area (TPSA) is 69.6 Å². The van der Waals surface area contributed by atoms with Crippen LogP contribution in [0.3, 0.4) is 0 Å². The molecule has 0 aliphatic rings. The minimum atomic E-state index is -2.76. The fourth-order valence-electron chi connectivity index (χ4n) is 10.4. The molecule has 13 aromatic rings. The van der Waals surface area contributed by atoms with Gasteiger partial charge in [0, 0.05) is 49.8 Å². The van der Waals surface area contributed by atoms with E-state index in [9.17, 15) is 0 Å². The van der Waals surface area contributed by atoms with Crippen LogP contribution < -0.4 is 20.7 Å². The van der Waals surface area contributed by atoms with Gasteiger partial charge in [0.25, 0.3) is 0 Å². The van der Waals surface area contributed by atoms with Gasteiger partial charge in [-0.2, -0.15) is 0 Å². The van der Waals surface area contributed by atoms with E-state index in [4.69, 9.17) is 19.4 Å².